The first-order valence-corrected chi connectivity index (χ1v) is 6.81. The van der Waals surface area contributed by atoms with E-state index in [0.29, 0.717) is 11.6 Å². The Hall–Kier alpha value is -1.14. The Morgan fingerprint density at radius 2 is 2.18 bits per heavy atom. The normalized spacial score (nSPS) is 10.5. The molecule has 1 heterocycles. The number of nitrogens with two attached hydrogens (primary N) is 1. The highest BCUT2D eigenvalue weighted by molar-refractivity contribution is 9.10. The van der Waals surface area contributed by atoms with Crippen molar-refractivity contribution in [2.24, 2.45) is 0 Å². The molecule has 0 saturated heterocycles. The van der Waals surface area contributed by atoms with Crippen molar-refractivity contribution in [3.05, 3.63) is 22.7 Å². The van der Waals surface area contributed by atoms with Crippen LogP contribution in [0.3, 0.4) is 0 Å². The summed E-state index contributed by atoms with van der Waals surface area (Å²) in [6.07, 6.45) is 1.99. The molecule has 0 aliphatic heterocycles. The Morgan fingerprint density at radius 3 is 2.71 bits per heavy atom. The number of thioether (sulfide) groups is 1. The number of ether oxygens (including phenoxy) is 1. The van der Waals surface area contributed by atoms with E-state index in [-0.39, 0.29) is 0 Å². The van der Waals surface area contributed by atoms with Gasteiger partial charge in [0.05, 0.1) is 16.5 Å². The van der Waals surface area contributed by atoms with Crippen molar-refractivity contribution in [2.45, 2.75) is 4.90 Å². The molecule has 1 aromatic carbocycles. The monoisotopic (exact) mass is 314 g/mol. The molecule has 0 saturated carbocycles. The fraction of sp³-hybridized carbons (Fsp3) is 0.182. The van der Waals surface area contributed by atoms with Gasteiger partial charge in [-0.25, -0.2) is 0 Å². The number of nitrogens with zero attached hydrogens (tertiary/aromatic N) is 1. The van der Waals surface area contributed by atoms with Crippen LogP contribution in [0.5, 0.6) is 5.75 Å². The number of nitrogen functional groups attached to an aromatic ring is 1. The quantitative estimate of drug-likeness (QED) is 0.880. The van der Waals surface area contributed by atoms with Crippen LogP contribution in [0, 0.1) is 0 Å². The summed E-state index contributed by atoms with van der Waals surface area (Å²) in [5.41, 5.74) is 6.44. The predicted octanol–water partition coefficient (Wildman–Crippen LogP) is 3.42. The van der Waals surface area contributed by atoms with E-state index in [1.807, 2.05) is 18.4 Å². The molecule has 90 valence electrons. The fourth-order valence-corrected chi connectivity index (χ4v) is 2.86. The third-order valence-electron chi connectivity index (χ3n) is 2.25. The first kappa shape index (κ1) is 12.3. The smallest absolute Gasteiger partial charge is 0.169 e. The number of hydrogen-bond acceptors (Lipinski definition) is 5. The van der Waals surface area contributed by atoms with Crippen LogP contribution in [0.2, 0.25) is 0 Å². The second-order valence-corrected chi connectivity index (χ2v) is 5.01. The molecule has 0 unspecified atom stereocenters. The molecule has 1 aromatic heterocycles. The van der Waals surface area contributed by atoms with Crippen molar-refractivity contribution in [3.63, 3.8) is 0 Å². The number of halogens is 1. The lowest BCUT2D eigenvalue weighted by molar-refractivity contribution is 0.402. The van der Waals surface area contributed by atoms with E-state index in [1.54, 1.807) is 24.9 Å². The van der Waals surface area contributed by atoms with E-state index in [9.17, 15) is 0 Å². The van der Waals surface area contributed by atoms with Gasteiger partial charge in [0.2, 0.25) is 0 Å². The Bertz CT molecular complexity index is 542. The van der Waals surface area contributed by atoms with Gasteiger partial charge in [-0.15, -0.1) is 11.8 Å². The van der Waals surface area contributed by atoms with Crippen molar-refractivity contribution >= 4 is 33.5 Å². The molecule has 0 radical (unpaired) electrons. The highest BCUT2D eigenvalue weighted by Gasteiger charge is 2.13. The Morgan fingerprint density at radius 1 is 1.41 bits per heavy atom. The fourth-order valence-electron chi connectivity index (χ4n) is 1.49. The van der Waals surface area contributed by atoms with E-state index < -0.39 is 0 Å². The van der Waals surface area contributed by atoms with Gasteiger partial charge >= 0.3 is 0 Å². The molecule has 0 amide bonds. The summed E-state index contributed by atoms with van der Waals surface area (Å²) in [6.45, 7) is 0. The average Bonchev–Trinajstić information content (AvgIpc) is 2.74. The van der Waals surface area contributed by atoms with Crippen LogP contribution in [0.25, 0.3) is 11.3 Å². The first-order chi connectivity index (χ1) is 8.15. The topological polar surface area (TPSA) is 61.3 Å². The summed E-state index contributed by atoms with van der Waals surface area (Å²) in [7, 11) is 1.64. The molecule has 0 aliphatic rings. The van der Waals surface area contributed by atoms with Crippen LogP contribution in [0.15, 0.2) is 32.1 Å². The molecular weight excluding hydrogens is 304 g/mol. The second kappa shape index (κ2) is 5.01. The molecular formula is C11H11BrN2O2S. The maximum absolute atomic E-state index is 5.53. The van der Waals surface area contributed by atoms with E-state index >= 15 is 0 Å². The zero-order chi connectivity index (χ0) is 12.4. The molecule has 0 fully saturated rings. The predicted molar refractivity (Wildman–Crippen MR) is 72.4 cm³/mol. The van der Waals surface area contributed by atoms with E-state index in [0.717, 1.165) is 20.7 Å². The van der Waals surface area contributed by atoms with Gasteiger partial charge in [0.25, 0.3) is 0 Å². The first-order valence-electron chi connectivity index (χ1n) is 4.79. The molecule has 6 heteroatoms. The summed E-state index contributed by atoms with van der Waals surface area (Å²) < 4.78 is 11.3. The Balaban J connectivity index is 2.53. The summed E-state index contributed by atoms with van der Waals surface area (Å²) >= 11 is 5.07. The lowest BCUT2D eigenvalue weighted by Gasteiger charge is -2.09. The molecule has 0 aliphatic carbocycles. The Kier molecular flexibility index (Phi) is 3.63. The maximum Gasteiger partial charge on any atom is 0.169 e. The van der Waals surface area contributed by atoms with Crippen LogP contribution in [-0.2, 0) is 0 Å². The van der Waals surface area contributed by atoms with Crippen molar-refractivity contribution in [1.82, 2.24) is 5.16 Å². The highest BCUT2D eigenvalue weighted by Crippen LogP contribution is 2.39. The number of benzene rings is 1. The SMILES string of the molecule is COc1c(Br)cc(-c2cc(N)no2)cc1SC. The zero-order valence-electron chi connectivity index (χ0n) is 9.36. The lowest BCUT2D eigenvalue weighted by Crippen LogP contribution is -1.89. The van der Waals surface area contributed by atoms with Crippen LogP contribution >= 0.6 is 27.7 Å². The van der Waals surface area contributed by atoms with Crippen molar-refractivity contribution in [1.29, 1.82) is 0 Å². The maximum atomic E-state index is 5.53. The summed E-state index contributed by atoms with van der Waals surface area (Å²) in [6, 6.07) is 5.59. The zero-order valence-corrected chi connectivity index (χ0v) is 11.8. The number of aromatic nitrogens is 1. The third-order valence-corrected chi connectivity index (χ3v) is 3.58. The number of anilines is 1. The van der Waals surface area contributed by atoms with Gasteiger partial charge < -0.3 is 15.0 Å². The van der Waals surface area contributed by atoms with E-state index in [1.165, 1.54) is 0 Å². The molecule has 0 atom stereocenters. The minimum atomic E-state index is 0.373. The molecule has 2 N–H and O–H groups in total. The van der Waals surface area contributed by atoms with Crippen LogP contribution in [0.1, 0.15) is 0 Å². The van der Waals surface area contributed by atoms with Gasteiger partial charge in [0.15, 0.2) is 11.6 Å². The third kappa shape index (κ3) is 2.42. The standard InChI is InChI=1S/C11H11BrN2O2S/c1-15-11-7(12)3-6(4-9(11)17-2)8-5-10(13)14-16-8/h3-5H,1-2H3,(H2,13,14). The molecule has 17 heavy (non-hydrogen) atoms. The lowest BCUT2D eigenvalue weighted by atomic mass is 10.1. The van der Waals surface area contributed by atoms with Gasteiger partial charge in [0.1, 0.15) is 5.75 Å². The molecule has 2 rings (SSSR count). The van der Waals surface area contributed by atoms with Gasteiger partial charge in [-0.3, -0.25) is 0 Å². The molecule has 0 bridgehead atoms. The highest BCUT2D eigenvalue weighted by atomic mass is 79.9. The summed E-state index contributed by atoms with van der Waals surface area (Å²) in [5, 5.41) is 3.67. The van der Waals surface area contributed by atoms with Crippen molar-refractivity contribution < 1.29 is 9.26 Å². The number of hydrogen-bond donors (Lipinski definition) is 1. The van der Waals surface area contributed by atoms with Gasteiger partial charge in [-0.1, -0.05) is 5.16 Å². The average molecular weight is 315 g/mol. The summed E-state index contributed by atoms with van der Waals surface area (Å²) in [5.74, 6) is 1.83. The van der Waals surface area contributed by atoms with Crippen LogP contribution < -0.4 is 10.5 Å². The van der Waals surface area contributed by atoms with Gasteiger partial charge in [-0.05, 0) is 34.3 Å². The van der Waals surface area contributed by atoms with Crippen molar-refractivity contribution in [2.75, 3.05) is 19.1 Å². The van der Waals surface area contributed by atoms with Crippen LogP contribution in [-0.4, -0.2) is 18.5 Å². The molecule has 2 aromatic rings. The van der Waals surface area contributed by atoms with E-state index in [4.69, 9.17) is 15.0 Å². The van der Waals surface area contributed by atoms with Gasteiger partial charge in [0, 0.05) is 11.6 Å². The largest absolute Gasteiger partial charge is 0.494 e. The summed E-state index contributed by atoms with van der Waals surface area (Å²) in [4.78, 5) is 1.02. The van der Waals surface area contributed by atoms with Crippen molar-refractivity contribution in [3.8, 4) is 17.1 Å². The minimum Gasteiger partial charge on any atom is -0.494 e. The van der Waals surface area contributed by atoms with Gasteiger partial charge in [-0.2, -0.15) is 0 Å². The Labute approximate surface area is 112 Å². The number of methoxy groups -OCH3 is 1. The van der Waals surface area contributed by atoms with Crippen LogP contribution in [0.4, 0.5) is 5.82 Å². The second-order valence-electron chi connectivity index (χ2n) is 3.31. The van der Waals surface area contributed by atoms with E-state index in [2.05, 4.69) is 21.1 Å². The number of rotatable bonds is 3. The molecule has 0 spiro atoms. The minimum absolute atomic E-state index is 0.373. The molecule has 4 nitrogen and oxygen atoms in total.